The molecule has 0 aliphatic heterocycles. The molecule has 8 unspecified atom stereocenters. The van der Waals surface area contributed by atoms with Gasteiger partial charge in [-0.15, -0.1) is 0 Å². The average molecular weight is 782 g/mol. The van der Waals surface area contributed by atoms with Gasteiger partial charge in [-0.2, -0.15) is 0 Å². The normalized spacial score (nSPS) is 24.9. The largest absolute Gasteiger partial charge is 0.472 e. The molecule has 1 aliphatic rings. The zero-order chi connectivity index (χ0) is 39.5. The smallest absolute Gasteiger partial charge is 0.393 e. The van der Waals surface area contributed by atoms with E-state index in [1.54, 1.807) is 0 Å². The number of amides is 1. The van der Waals surface area contributed by atoms with E-state index in [9.17, 15) is 50.0 Å². The Morgan fingerprint density at radius 2 is 1.08 bits per heavy atom. The molecule has 0 aromatic rings. The second-order valence-electron chi connectivity index (χ2n) is 15.0. The highest BCUT2D eigenvalue weighted by molar-refractivity contribution is 7.47. The molecule has 1 rings (SSSR count). The van der Waals surface area contributed by atoms with Gasteiger partial charge >= 0.3 is 7.82 Å². The van der Waals surface area contributed by atoms with E-state index in [4.69, 9.17) is 9.05 Å². The van der Waals surface area contributed by atoms with Crippen molar-refractivity contribution >= 4 is 13.7 Å². The second kappa shape index (κ2) is 30.2. The van der Waals surface area contributed by atoms with Crippen LogP contribution in [-0.4, -0.2) is 108 Å². The summed E-state index contributed by atoms with van der Waals surface area (Å²) in [5.74, 6) is -0.578. The number of phosphoric ester groups is 1. The number of carbonyl (C=O) groups is 1. The molecular weight excluding hydrogens is 705 g/mol. The average Bonchev–Trinajstić information content (AvgIpc) is 3.12. The van der Waals surface area contributed by atoms with E-state index in [1.807, 2.05) is 0 Å². The van der Waals surface area contributed by atoms with Crippen LogP contribution in [0.5, 0.6) is 0 Å². The maximum atomic E-state index is 12.9. The fourth-order valence-corrected chi connectivity index (χ4v) is 7.62. The highest BCUT2D eigenvalue weighted by Gasteiger charge is 2.51. The highest BCUT2D eigenvalue weighted by Crippen LogP contribution is 2.47. The molecule has 9 N–H and O–H groups in total. The van der Waals surface area contributed by atoms with Crippen molar-refractivity contribution in [2.45, 2.75) is 223 Å². The number of nitrogens with one attached hydrogen (secondary N) is 1. The summed E-state index contributed by atoms with van der Waals surface area (Å²) in [6, 6.07) is -1.16. The van der Waals surface area contributed by atoms with Gasteiger partial charge in [0.15, 0.2) is 0 Å². The quantitative estimate of drug-likeness (QED) is 0.0230. The van der Waals surface area contributed by atoms with Crippen LogP contribution in [0.15, 0.2) is 12.2 Å². The summed E-state index contributed by atoms with van der Waals surface area (Å²) in [6.45, 7) is 3.73. The molecule has 0 heterocycles. The number of hydrogen-bond donors (Lipinski definition) is 9. The molecule has 14 heteroatoms. The zero-order valence-corrected chi connectivity index (χ0v) is 33.6. The van der Waals surface area contributed by atoms with Crippen molar-refractivity contribution < 1.29 is 59.0 Å². The van der Waals surface area contributed by atoms with Gasteiger partial charge in [-0.3, -0.25) is 13.8 Å². The Labute approximate surface area is 319 Å². The van der Waals surface area contributed by atoms with Gasteiger partial charge in [0, 0.05) is 0 Å². The molecule has 53 heavy (non-hydrogen) atoms. The second-order valence-corrected chi connectivity index (χ2v) is 16.4. The van der Waals surface area contributed by atoms with Gasteiger partial charge in [-0.25, -0.2) is 4.57 Å². The van der Waals surface area contributed by atoms with Gasteiger partial charge in [0.2, 0.25) is 5.91 Å². The van der Waals surface area contributed by atoms with Crippen molar-refractivity contribution in [3.05, 3.63) is 12.2 Å². The number of phosphoric acid groups is 1. The summed E-state index contributed by atoms with van der Waals surface area (Å²) in [7, 11) is -5.11. The number of hydrogen-bond acceptors (Lipinski definition) is 11. The molecule has 1 fully saturated rings. The summed E-state index contributed by atoms with van der Waals surface area (Å²) < 4.78 is 22.8. The Kier molecular flexibility index (Phi) is 28.5. The first kappa shape index (κ1) is 50.1. The van der Waals surface area contributed by atoms with E-state index >= 15 is 0 Å². The fraction of sp³-hybridized carbons (Fsp3) is 0.923. The number of rotatable bonds is 33. The summed E-state index contributed by atoms with van der Waals surface area (Å²) >= 11 is 0. The maximum absolute atomic E-state index is 12.9. The van der Waals surface area contributed by atoms with Crippen molar-refractivity contribution in [1.29, 1.82) is 0 Å². The number of allylic oxidation sites excluding steroid dienone is 2. The molecule has 1 amide bonds. The minimum Gasteiger partial charge on any atom is -0.393 e. The Hall–Kier alpha value is -0.960. The third-order valence-corrected chi connectivity index (χ3v) is 11.1. The van der Waals surface area contributed by atoms with Gasteiger partial charge in [0.1, 0.15) is 36.6 Å². The molecule has 0 bridgehead atoms. The third kappa shape index (κ3) is 23.0. The number of carbonyl (C=O) groups excluding carboxylic acids is 1. The molecule has 1 aliphatic carbocycles. The number of unbranched alkanes of at least 4 members (excludes halogenated alkanes) is 18. The highest BCUT2D eigenvalue weighted by atomic mass is 31.2. The SMILES string of the molecule is CCCCCCCC/C=C\CCCC(O)CC(=O)NC(COP(=O)(O)OC1C(O)C(O)C(O)C(O)C1O)C(O)CCCCCCCCCCCCCC. The molecular formula is C39H76NO12P. The minimum atomic E-state index is -5.11. The summed E-state index contributed by atoms with van der Waals surface area (Å²) in [4.78, 5) is 23.3. The van der Waals surface area contributed by atoms with Crippen molar-refractivity contribution in [3.8, 4) is 0 Å². The van der Waals surface area contributed by atoms with E-state index in [1.165, 1.54) is 77.0 Å². The van der Waals surface area contributed by atoms with Crippen LogP contribution < -0.4 is 5.32 Å². The zero-order valence-electron chi connectivity index (χ0n) is 32.7. The number of aliphatic hydroxyl groups is 7. The van der Waals surface area contributed by atoms with E-state index in [-0.39, 0.29) is 12.8 Å². The molecule has 13 nitrogen and oxygen atoms in total. The summed E-state index contributed by atoms with van der Waals surface area (Å²) in [5, 5.41) is 74.2. The van der Waals surface area contributed by atoms with Gasteiger partial charge < -0.3 is 46.0 Å². The van der Waals surface area contributed by atoms with Crippen LogP contribution in [0, 0.1) is 0 Å². The molecule has 0 aromatic carbocycles. The van der Waals surface area contributed by atoms with Gasteiger partial charge in [0.05, 0.1) is 31.3 Å². The lowest BCUT2D eigenvalue weighted by molar-refractivity contribution is -0.220. The molecule has 314 valence electrons. The van der Waals surface area contributed by atoms with Gasteiger partial charge in [0.25, 0.3) is 0 Å². The first-order valence-electron chi connectivity index (χ1n) is 20.7. The lowest BCUT2D eigenvalue weighted by Crippen LogP contribution is -2.64. The molecule has 8 atom stereocenters. The Balaban J connectivity index is 2.62. The molecule has 0 radical (unpaired) electrons. The lowest BCUT2D eigenvalue weighted by Gasteiger charge is -2.41. The van der Waals surface area contributed by atoms with Crippen LogP contribution in [0.4, 0.5) is 0 Å². The van der Waals surface area contributed by atoms with Crippen molar-refractivity contribution in [2.24, 2.45) is 0 Å². The van der Waals surface area contributed by atoms with Crippen LogP contribution >= 0.6 is 7.82 Å². The predicted octanol–water partition coefficient (Wildman–Crippen LogP) is 5.47. The van der Waals surface area contributed by atoms with Crippen LogP contribution in [0.3, 0.4) is 0 Å². The van der Waals surface area contributed by atoms with E-state index in [0.29, 0.717) is 19.3 Å². The fourth-order valence-electron chi connectivity index (χ4n) is 6.66. The van der Waals surface area contributed by atoms with Crippen molar-refractivity contribution in [3.63, 3.8) is 0 Å². The van der Waals surface area contributed by atoms with Crippen molar-refractivity contribution in [2.75, 3.05) is 6.61 Å². The first-order chi connectivity index (χ1) is 25.3. The predicted molar refractivity (Wildman–Crippen MR) is 206 cm³/mol. The molecule has 0 aromatic heterocycles. The molecule has 0 spiro atoms. The maximum Gasteiger partial charge on any atom is 0.472 e. The lowest BCUT2D eigenvalue weighted by atomic mass is 9.85. The summed E-state index contributed by atoms with van der Waals surface area (Å²) in [5.41, 5.74) is 0. The standard InChI is InChI=1S/C39H76NO12P/c1-3-5-7-9-11-13-15-17-19-21-23-25-27-32(42)31(29-51-53(49,50)52-39-37(47)35(45)34(44)36(46)38(39)48)40-33(43)28-30(41)26-24-22-20-18-16-14-12-10-8-6-4-2/h18,20,30-32,34-39,41-42,44-48H,3-17,19,21-29H2,1-2H3,(H,40,43)(H,49,50)/b20-18-. The Bertz CT molecular complexity index is 974. The van der Waals surface area contributed by atoms with E-state index < -0.39 is 75.2 Å². The summed E-state index contributed by atoms with van der Waals surface area (Å²) in [6.07, 6.45) is 14.3. The van der Waals surface area contributed by atoms with E-state index in [2.05, 4.69) is 31.3 Å². The minimum absolute atomic E-state index is 0.241. The van der Waals surface area contributed by atoms with E-state index in [0.717, 1.165) is 44.9 Å². The van der Waals surface area contributed by atoms with Crippen molar-refractivity contribution in [1.82, 2.24) is 5.32 Å². The number of aliphatic hydroxyl groups excluding tert-OH is 7. The molecule has 1 saturated carbocycles. The third-order valence-electron chi connectivity index (χ3n) is 10.1. The Morgan fingerprint density at radius 1 is 0.642 bits per heavy atom. The van der Waals surface area contributed by atoms with Crippen LogP contribution in [-0.2, 0) is 18.4 Å². The first-order valence-corrected chi connectivity index (χ1v) is 22.2. The Morgan fingerprint density at radius 3 is 1.58 bits per heavy atom. The monoisotopic (exact) mass is 782 g/mol. The topological polar surface area (TPSA) is 226 Å². The van der Waals surface area contributed by atoms with Gasteiger partial charge in [-0.1, -0.05) is 135 Å². The van der Waals surface area contributed by atoms with Crippen LogP contribution in [0.2, 0.25) is 0 Å². The van der Waals surface area contributed by atoms with Crippen LogP contribution in [0.25, 0.3) is 0 Å². The molecule has 0 saturated heterocycles. The van der Waals surface area contributed by atoms with Gasteiger partial charge in [-0.05, 0) is 38.5 Å². The van der Waals surface area contributed by atoms with Crippen LogP contribution in [0.1, 0.15) is 168 Å².